The van der Waals surface area contributed by atoms with Crippen molar-refractivity contribution in [1.29, 1.82) is 0 Å². The second kappa shape index (κ2) is 3.85. The molecule has 1 aromatic heterocycles. The van der Waals surface area contributed by atoms with Crippen LogP contribution in [0.1, 0.15) is 21.6 Å². The largest absolute Gasteiger partial charge is 0.478 e. The van der Waals surface area contributed by atoms with Crippen molar-refractivity contribution in [2.75, 3.05) is 0 Å². The topological polar surface area (TPSA) is 53.1 Å². The average Bonchev–Trinajstić information content (AvgIpc) is 2.61. The second-order valence-corrected chi connectivity index (χ2v) is 3.91. The Labute approximate surface area is 93.7 Å². The van der Waals surface area contributed by atoms with Gasteiger partial charge in [0.15, 0.2) is 0 Å². The number of carboxylic acid groups (broad SMARTS) is 1. The van der Waals surface area contributed by atoms with Crippen LogP contribution in [0.4, 0.5) is 0 Å². The number of aromatic amines is 1. The number of benzene rings is 1. The third kappa shape index (κ3) is 1.84. The minimum Gasteiger partial charge on any atom is -0.478 e. The molecule has 0 saturated carbocycles. The summed E-state index contributed by atoms with van der Waals surface area (Å²) in [4.78, 5) is 14.1. The molecule has 0 aliphatic rings. The summed E-state index contributed by atoms with van der Waals surface area (Å²) in [5.41, 5.74) is 3.90. The van der Waals surface area contributed by atoms with Gasteiger partial charge >= 0.3 is 5.97 Å². The molecule has 0 spiro atoms. The third-order valence-corrected chi connectivity index (χ3v) is 2.52. The highest BCUT2D eigenvalue weighted by Gasteiger charge is 2.14. The van der Waals surface area contributed by atoms with Gasteiger partial charge in [0.1, 0.15) is 0 Å². The van der Waals surface area contributed by atoms with Crippen LogP contribution in [-0.4, -0.2) is 16.1 Å². The molecule has 0 bridgehead atoms. The lowest BCUT2D eigenvalue weighted by Crippen LogP contribution is -1.96. The Bertz CT molecular complexity index is 523. The zero-order valence-corrected chi connectivity index (χ0v) is 9.24. The Morgan fingerprint density at radius 1 is 1.19 bits per heavy atom. The molecule has 82 valence electrons. The second-order valence-electron chi connectivity index (χ2n) is 3.91. The number of carboxylic acids is 1. The molecule has 1 heterocycles. The van der Waals surface area contributed by atoms with Gasteiger partial charge in [0.2, 0.25) is 0 Å². The Morgan fingerprint density at radius 2 is 1.81 bits per heavy atom. The van der Waals surface area contributed by atoms with Crippen molar-refractivity contribution in [3.8, 4) is 11.3 Å². The number of hydrogen-bond donors (Lipinski definition) is 2. The fourth-order valence-corrected chi connectivity index (χ4v) is 1.71. The summed E-state index contributed by atoms with van der Waals surface area (Å²) >= 11 is 0. The first-order valence-corrected chi connectivity index (χ1v) is 5.08. The molecule has 0 saturated heterocycles. The molecular weight excluding hydrogens is 202 g/mol. The Balaban J connectivity index is 2.55. The van der Waals surface area contributed by atoms with E-state index < -0.39 is 5.97 Å². The van der Waals surface area contributed by atoms with Crippen LogP contribution in [-0.2, 0) is 0 Å². The van der Waals surface area contributed by atoms with E-state index in [9.17, 15) is 4.79 Å². The van der Waals surface area contributed by atoms with E-state index in [4.69, 9.17) is 5.11 Å². The molecule has 3 heteroatoms. The number of carbonyl (C=O) groups is 1. The average molecular weight is 215 g/mol. The molecule has 0 aliphatic heterocycles. The highest BCUT2D eigenvalue weighted by Crippen LogP contribution is 2.24. The van der Waals surface area contributed by atoms with Crippen LogP contribution in [0, 0.1) is 13.8 Å². The van der Waals surface area contributed by atoms with Gasteiger partial charge in [-0.15, -0.1) is 0 Å². The van der Waals surface area contributed by atoms with E-state index in [2.05, 4.69) is 4.98 Å². The van der Waals surface area contributed by atoms with Gasteiger partial charge < -0.3 is 10.1 Å². The fourth-order valence-electron chi connectivity index (χ4n) is 1.71. The molecular formula is C13H13NO2. The van der Waals surface area contributed by atoms with Crippen LogP contribution in [0.2, 0.25) is 0 Å². The summed E-state index contributed by atoms with van der Waals surface area (Å²) in [6.45, 7) is 3.85. The molecule has 0 fully saturated rings. The summed E-state index contributed by atoms with van der Waals surface area (Å²) < 4.78 is 0. The van der Waals surface area contributed by atoms with E-state index in [-0.39, 0.29) is 0 Å². The molecule has 0 radical (unpaired) electrons. The highest BCUT2D eigenvalue weighted by molar-refractivity contribution is 5.95. The first-order chi connectivity index (χ1) is 7.58. The van der Waals surface area contributed by atoms with E-state index in [0.29, 0.717) is 11.3 Å². The van der Waals surface area contributed by atoms with Crippen LogP contribution in [0.15, 0.2) is 30.3 Å². The van der Waals surface area contributed by atoms with Gasteiger partial charge in [-0.25, -0.2) is 4.79 Å². The van der Waals surface area contributed by atoms with E-state index in [1.165, 1.54) is 0 Å². The summed E-state index contributed by atoms with van der Waals surface area (Å²) in [5, 5.41) is 9.07. The molecule has 2 N–H and O–H groups in total. The van der Waals surface area contributed by atoms with Crippen molar-refractivity contribution in [3.63, 3.8) is 0 Å². The van der Waals surface area contributed by atoms with Crippen molar-refractivity contribution >= 4 is 5.97 Å². The molecule has 0 aliphatic carbocycles. The smallest absolute Gasteiger partial charge is 0.337 e. The lowest BCUT2D eigenvalue weighted by Gasteiger charge is -2.01. The van der Waals surface area contributed by atoms with Crippen LogP contribution < -0.4 is 0 Å². The SMILES string of the molecule is Cc1ccc(-c2[nH]c(C)cc2C(=O)O)cc1. The summed E-state index contributed by atoms with van der Waals surface area (Å²) in [6, 6.07) is 9.44. The Kier molecular flexibility index (Phi) is 2.52. The van der Waals surface area contributed by atoms with Gasteiger partial charge in [-0.2, -0.15) is 0 Å². The number of rotatable bonds is 2. The van der Waals surface area contributed by atoms with E-state index in [1.807, 2.05) is 38.1 Å². The first-order valence-electron chi connectivity index (χ1n) is 5.08. The maximum atomic E-state index is 11.1. The van der Waals surface area contributed by atoms with E-state index in [0.717, 1.165) is 16.8 Å². The van der Waals surface area contributed by atoms with Crippen molar-refractivity contribution < 1.29 is 9.90 Å². The van der Waals surface area contributed by atoms with Gasteiger partial charge in [0.25, 0.3) is 0 Å². The van der Waals surface area contributed by atoms with Gasteiger partial charge in [0.05, 0.1) is 11.3 Å². The fraction of sp³-hybridized carbons (Fsp3) is 0.154. The number of aryl methyl sites for hydroxylation is 2. The number of H-pyrrole nitrogens is 1. The van der Waals surface area contributed by atoms with Gasteiger partial charge in [0, 0.05) is 5.69 Å². The highest BCUT2D eigenvalue weighted by atomic mass is 16.4. The van der Waals surface area contributed by atoms with Crippen LogP contribution >= 0.6 is 0 Å². The molecule has 0 atom stereocenters. The molecule has 2 rings (SSSR count). The van der Waals surface area contributed by atoms with Crippen LogP contribution in [0.5, 0.6) is 0 Å². The number of nitrogens with one attached hydrogen (secondary N) is 1. The molecule has 2 aromatic rings. The monoisotopic (exact) mass is 215 g/mol. The minimum atomic E-state index is -0.903. The Hall–Kier alpha value is -2.03. The molecule has 0 amide bonds. The summed E-state index contributed by atoms with van der Waals surface area (Å²) in [5.74, 6) is -0.903. The predicted octanol–water partition coefficient (Wildman–Crippen LogP) is 3.00. The van der Waals surface area contributed by atoms with Crippen molar-refractivity contribution in [1.82, 2.24) is 4.98 Å². The normalized spacial score (nSPS) is 10.4. The molecule has 1 aromatic carbocycles. The maximum absolute atomic E-state index is 11.1. The van der Waals surface area contributed by atoms with E-state index in [1.54, 1.807) is 6.07 Å². The summed E-state index contributed by atoms with van der Waals surface area (Å²) in [6.07, 6.45) is 0. The third-order valence-electron chi connectivity index (χ3n) is 2.52. The zero-order chi connectivity index (χ0) is 11.7. The number of aromatic nitrogens is 1. The zero-order valence-electron chi connectivity index (χ0n) is 9.24. The number of hydrogen-bond acceptors (Lipinski definition) is 1. The lowest BCUT2D eigenvalue weighted by molar-refractivity contribution is 0.0698. The van der Waals surface area contributed by atoms with Gasteiger partial charge in [-0.3, -0.25) is 0 Å². The quantitative estimate of drug-likeness (QED) is 0.809. The first kappa shape index (κ1) is 10.5. The molecule has 3 nitrogen and oxygen atoms in total. The lowest BCUT2D eigenvalue weighted by atomic mass is 10.1. The van der Waals surface area contributed by atoms with Crippen molar-refractivity contribution in [2.24, 2.45) is 0 Å². The van der Waals surface area contributed by atoms with Crippen LogP contribution in [0.25, 0.3) is 11.3 Å². The van der Waals surface area contributed by atoms with Gasteiger partial charge in [-0.05, 0) is 25.5 Å². The van der Waals surface area contributed by atoms with E-state index >= 15 is 0 Å². The van der Waals surface area contributed by atoms with Crippen molar-refractivity contribution in [2.45, 2.75) is 13.8 Å². The maximum Gasteiger partial charge on any atom is 0.337 e. The predicted molar refractivity (Wildman–Crippen MR) is 62.7 cm³/mol. The molecule has 0 unspecified atom stereocenters. The van der Waals surface area contributed by atoms with Crippen molar-refractivity contribution in [3.05, 3.63) is 47.2 Å². The minimum absolute atomic E-state index is 0.321. The summed E-state index contributed by atoms with van der Waals surface area (Å²) in [7, 11) is 0. The Morgan fingerprint density at radius 3 is 2.38 bits per heavy atom. The van der Waals surface area contributed by atoms with Crippen LogP contribution in [0.3, 0.4) is 0 Å². The van der Waals surface area contributed by atoms with Gasteiger partial charge in [-0.1, -0.05) is 29.8 Å². The standard InChI is InChI=1S/C13H13NO2/c1-8-3-5-10(6-4-8)12-11(13(15)16)7-9(2)14-12/h3-7,14H,1-2H3,(H,15,16). The molecule has 16 heavy (non-hydrogen) atoms. The number of aromatic carboxylic acids is 1.